The van der Waals surface area contributed by atoms with Crippen LogP contribution in [-0.4, -0.2) is 14.5 Å². The number of imidazole rings is 1. The predicted molar refractivity (Wildman–Crippen MR) is 76.9 cm³/mol. The summed E-state index contributed by atoms with van der Waals surface area (Å²) in [5.41, 5.74) is 10.4. The van der Waals surface area contributed by atoms with Gasteiger partial charge in [0, 0.05) is 6.20 Å². The maximum absolute atomic E-state index is 6.07. The van der Waals surface area contributed by atoms with Crippen molar-refractivity contribution in [1.82, 2.24) is 14.5 Å². The van der Waals surface area contributed by atoms with E-state index in [1.807, 2.05) is 12.1 Å². The van der Waals surface area contributed by atoms with Gasteiger partial charge in [-0.05, 0) is 31.0 Å². The number of aryl methyl sites for hydroxylation is 1. The molecule has 3 rings (SSSR count). The number of fused-ring (bicyclic) bond motifs is 1. The number of pyridine rings is 1. The zero-order valence-corrected chi connectivity index (χ0v) is 11.0. The minimum absolute atomic E-state index is 0.147. The second-order valence-corrected chi connectivity index (χ2v) is 4.74. The summed E-state index contributed by atoms with van der Waals surface area (Å²) >= 11 is 0. The molecule has 0 aliphatic heterocycles. The summed E-state index contributed by atoms with van der Waals surface area (Å²) in [4.78, 5) is 8.45. The Morgan fingerprint density at radius 2 is 2.00 bits per heavy atom. The summed E-state index contributed by atoms with van der Waals surface area (Å²) in [6.07, 6.45) is 3.51. The molecule has 0 bridgehead atoms. The van der Waals surface area contributed by atoms with Gasteiger partial charge >= 0.3 is 0 Å². The largest absolute Gasteiger partial charge is 0.369 e. The minimum atomic E-state index is 0.147. The summed E-state index contributed by atoms with van der Waals surface area (Å²) in [6.45, 7) is 4.25. The summed E-state index contributed by atoms with van der Waals surface area (Å²) < 4.78 is 2.05. The van der Waals surface area contributed by atoms with Crippen LogP contribution in [0.5, 0.6) is 0 Å². The number of nitrogens with two attached hydrogens (primary N) is 1. The molecule has 0 fully saturated rings. The summed E-state index contributed by atoms with van der Waals surface area (Å²) in [5.74, 6) is 0.527. The maximum Gasteiger partial charge on any atom is 0.201 e. The van der Waals surface area contributed by atoms with Gasteiger partial charge in [-0.15, -0.1) is 0 Å². The molecule has 1 atom stereocenters. The van der Waals surface area contributed by atoms with Gasteiger partial charge in [0.15, 0.2) is 0 Å². The number of nitrogen functional groups attached to an aromatic ring is 1. The SMILES string of the molecule is Cc1ccccc1C(C)n1c(N)nc2cnccc21. The lowest BCUT2D eigenvalue weighted by Crippen LogP contribution is -2.11. The van der Waals surface area contributed by atoms with Crippen molar-refractivity contribution in [2.75, 3.05) is 5.73 Å². The monoisotopic (exact) mass is 252 g/mol. The van der Waals surface area contributed by atoms with Crippen LogP contribution in [-0.2, 0) is 0 Å². The van der Waals surface area contributed by atoms with Gasteiger partial charge in [-0.2, -0.15) is 0 Å². The number of nitrogens with zero attached hydrogens (tertiary/aromatic N) is 3. The van der Waals surface area contributed by atoms with E-state index in [0.29, 0.717) is 5.95 Å². The Labute approximate surface area is 111 Å². The molecule has 3 aromatic rings. The Bertz CT molecular complexity index is 730. The molecule has 0 aliphatic rings. The highest BCUT2D eigenvalue weighted by molar-refractivity contribution is 5.77. The van der Waals surface area contributed by atoms with Crippen LogP contribution in [0.2, 0.25) is 0 Å². The first-order valence-electron chi connectivity index (χ1n) is 6.31. The molecular formula is C15H16N4. The first-order chi connectivity index (χ1) is 9.18. The average molecular weight is 252 g/mol. The molecule has 2 aromatic heterocycles. The summed E-state index contributed by atoms with van der Waals surface area (Å²) in [7, 11) is 0. The molecule has 1 aromatic carbocycles. The Kier molecular flexibility index (Phi) is 2.71. The van der Waals surface area contributed by atoms with Crippen molar-refractivity contribution in [3.63, 3.8) is 0 Å². The standard InChI is InChI=1S/C15H16N4/c1-10-5-3-4-6-12(10)11(2)19-14-7-8-17-9-13(14)18-15(19)16/h3-9,11H,1-2H3,(H2,16,18). The molecule has 0 amide bonds. The smallest absolute Gasteiger partial charge is 0.201 e. The van der Waals surface area contributed by atoms with Gasteiger partial charge < -0.3 is 10.3 Å². The Morgan fingerprint density at radius 1 is 1.21 bits per heavy atom. The van der Waals surface area contributed by atoms with E-state index < -0.39 is 0 Å². The zero-order valence-electron chi connectivity index (χ0n) is 11.0. The van der Waals surface area contributed by atoms with Crippen LogP contribution < -0.4 is 5.73 Å². The van der Waals surface area contributed by atoms with Crippen molar-refractivity contribution in [2.24, 2.45) is 0 Å². The van der Waals surface area contributed by atoms with Crippen LogP contribution in [0.4, 0.5) is 5.95 Å². The molecule has 0 saturated carbocycles. The van der Waals surface area contributed by atoms with Gasteiger partial charge in [-0.25, -0.2) is 4.98 Å². The minimum Gasteiger partial charge on any atom is -0.369 e. The molecule has 0 spiro atoms. The third-order valence-corrected chi connectivity index (χ3v) is 3.54. The molecule has 0 aliphatic carbocycles. The van der Waals surface area contributed by atoms with Crippen molar-refractivity contribution in [2.45, 2.75) is 19.9 Å². The summed E-state index contributed by atoms with van der Waals surface area (Å²) in [6, 6.07) is 10.4. The lowest BCUT2D eigenvalue weighted by molar-refractivity contribution is 0.663. The molecule has 4 heteroatoms. The number of hydrogen-bond donors (Lipinski definition) is 1. The zero-order chi connectivity index (χ0) is 13.4. The van der Waals surface area contributed by atoms with Crippen molar-refractivity contribution >= 4 is 17.0 Å². The average Bonchev–Trinajstić information content (AvgIpc) is 2.74. The fraction of sp³-hybridized carbons (Fsp3) is 0.200. The van der Waals surface area contributed by atoms with Crippen LogP contribution in [0.25, 0.3) is 11.0 Å². The number of anilines is 1. The van der Waals surface area contributed by atoms with Crippen molar-refractivity contribution in [3.8, 4) is 0 Å². The molecule has 4 nitrogen and oxygen atoms in total. The third kappa shape index (κ3) is 1.85. The van der Waals surface area contributed by atoms with Gasteiger partial charge in [0.25, 0.3) is 0 Å². The Morgan fingerprint density at radius 3 is 2.79 bits per heavy atom. The van der Waals surface area contributed by atoms with Crippen LogP contribution >= 0.6 is 0 Å². The fourth-order valence-electron chi connectivity index (χ4n) is 2.57. The van der Waals surface area contributed by atoms with E-state index in [1.165, 1.54) is 11.1 Å². The lowest BCUT2D eigenvalue weighted by atomic mass is 10.0. The van der Waals surface area contributed by atoms with E-state index in [-0.39, 0.29) is 6.04 Å². The normalized spacial score (nSPS) is 12.7. The molecule has 96 valence electrons. The second kappa shape index (κ2) is 4.39. The topological polar surface area (TPSA) is 56.7 Å². The molecule has 0 radical (unpaired) electrons. The van der Waals surface area contributed by atoms with E-state index in [4.69, 9.17) is 5.73 Å². The van der Waals surface area contributed by atoms with Gasteiger partial charge in [-0.3, -0.25) is 4.98 Å². The fourth-order valence-corrected chi connectivity index (χ4v) is 2.57. The molecule has 2 N–H and O–H groups in total. The van der Waals surface area contributed by atoms with Gasteiger partial charge in [0.2, 0.25) is 5.95 Å². The molecule has 2 heterocycles. The maximum atomic E-state index is 6.07. The van der Waals surface area contributed by atoms with E-state index in [1.54, 1.807) is 12.4 Å². The van der Waals surface area contributed by atoms with Gasteiger partial charge in [0.05, 0.1) is 17.8 Å². The van der Waals surface area contributed by atoms with Crippen molar-refractivity contribution in [3.05, 3.63) is 53.9 Å². The quantitative estimate of drug-likeness (QED) is 0.763. The first-order valence-corrected chi connectivity index (χ1v) is 6.31. The molecule has 19 heavy (non-hydrogen) atoms. The van der Waals surface area contributed by atoms with E-state index >= 15 is 0 Å². The number of benzene rings is 1. The van der Waals surface area contributed by atoms with Gasteiger partial charge in [-0.1, -0.05) is 24.3 Å². The highest BCUT2D eigenvalue weighted by Gasteiger charge is 2.16. The van der Waals surface area contributed by atoms with Crippen LogP contribution in [0, 0.1) is 6.92 Å². The highest BCUT2D eigenvalue weighted by Crippen LogP contribution is 2.28. The van der Waals surface area contributed by atoms with E-state index in [0.717, 1.165) is 11.0 Å². The number of hydrogen-bond acceptors (Lipinski definition) is 3. The lowest BCUT2D eigenvalue weighted by Gasteiger charge is -2.18. The highest BCUT2D eigenvalue weighted by atomic mass is 15.2. The summed E-state index contributed by atoms with van der Waals surface area (Å²) in [5, 5.41) is 0. The van der Waals surface area contributed by atoms with Crippen molar-refractivity contribution in [1.29, 1.82) is 0 Å². The number of aromatic nitrogens is 3. The molecular weight excluding hydrogens is 236 g/mol. The van der Waals surface area contributed by atoms with E-state index in [2.05, 4.69) is 46.6 Å². The predicted octanol–water partition coefficient (Wildman–Crippen LogP) is 2.93. The Balaban J connectivity index is 2.19. The number of rotatable bonds is 2. The van der Waals surface area contributed by atoms with Crippen LogP contribution in [0.1, 0.15) is 24.1 Å². The molecule has 1 unspecified atom stereocenters. The van der Waals surface area contributed by atoms with Crippen LogP contribution in [0.3, 0.4) is 0 Å². The second-order valence-electron chi connectivity index (χ2n) is 4.74. The van der Waals surface area contributed by atoms with Crippen LogP contribution in [0.15, 0.2) is 42.7 Å². The first kappa shape index (κ1) is 11.7. The Hall–Kier alpha value is -2.36. The van der Waals surface area contributed by atoms with Gasteiger partial charge in [0.1, 0.15) is 5.52 Å². The molecule has 0 saturated heterocycles. The van der Waals surface area contributed by atoms with E-state index in [9.17, 15) is 0 Å². The van der Waals surface area contributed by atoms with Crippen molar-refractivity contribution < 1.29 is 0 Å². The third-order valence-electron chi connectivity index (χ3n) is 3.54.